The summed E-state index contributed by atoms with van der Waals surface area (Å²) in [6.07, 6.45) is 0. The molecule has 0 fully saturated rings. The second-order valence-corrected chi connectivity index (χ2v) is 5.32. The van der Waals surface area contributed by atoms with Crippen LogP contribution in [0.15, 0.2) is 60.7 Å². The summed E-state index contributed by atoms with van der Waals surface area (Å²) in [7, 11) is 1.62. The van der Waals surface area contributed by atoms with Crippen LogP contribution < -0.4 is 0 Å². The Labute approximate surface area is 140 Å². The first-order chi connectivity index (χ1) is 11.7. The van der Waals surface area contributed by atoms with Gasteiger partial charge in [0.25, 0.3) is 5.91 Å². The molecule has 1 amide bonds. The SMILES string of the molecule is CN(CCO)C(=O)c1nc(-c2ccccc2)n(-c2ccccc2)n1. The minimum atomic E-state index is -0.323. The molecule has 0 aliphatic carbocycles. The number of amides is 1. The van der Waals surface area contributed by atoms with E-state index in [2.05, 4.69) is 10.1 Å². The second kappa shape index (κ2) is 7.06. The molecule has 0 saturated heterocycles. The summed E-state index contributed by atoms with van der Waals surface area (Å²) in [5, 5.41) is 13.4. The molecule has 6 nitrogen and oxygen atoms in total. The number of aliphatic hydroxyl groups is 1. The highest BCUT2D eigenvalue weighted by atomic mass is 16.3. The van der Waals surface area contributed by atoms with Gasteiger partial charge in [-0.25, -0.2) is 9.67 Å². The zero-order chi connectivity index (χ0) is 16.9. The lowest BCUT2D eigenvalue weighted by atomic mass is 10.2. The number of hydrogen-bond acceptors (Lipinski definition) is 4. The number of carbonyl (C=O) groups excluding carboxylic acids is 1. The number of carbonyl (C=O) groups is 1. The van der Waals surface area contributed by atoms with Crippen LogP contribution in [-0.4, -0.2) is 50.9 Å². The van der Waals surface area contributed by atoms with Crippen LogP contribution in [0, 0.1) is 0 Å². The number of hydrogen-bond donors (Lipinski definition) is 1. The summed E-state index contributed by atoms with van der Waals surface area (Å²) in [6, 6.07) is 19.2. The van der Waals surface area contributed by atoms with Crippen molar-refractivity contribution in [3.8, 4) is 17.1 Å². The molecule has 2 aromatic carbocycles. The molecule has 0 saturated carbocycles. The van der Waals surface area contributed by atoms with E-state index in [-0.39, 0.29) is 24.9 Å². The van der Waals surface area contributed by atoms with Gasteiger partial charge in [-0.2, -0.15) is 0 Å². The Morgan fingerprint density at radius 2 is 1.71 bits per heavy atom. The van der Waals surface area contributed by atoms with Gasteiger partial charge in [0.2, 0.25) is 5.82 Å². The molecular formula is C18H18N4O2. The van der Waals surface area contributed by atoms with E-state index < -0.39 is 0 Å². The highest BCUT2D eigenvalue weighted by Gasteiger charge is 2.21. The molecule has 6 heteroatoms. The fourth-order valence-electron chi connectivity index (χ4n) is 2.35. The minimum absolute atomic E-state index is 0.104. The molecule has 0 radical (unpaired) electrons. The Bertz CT molecular complexity index is 759. The second-order valence-electron chi connectivity index (χ2n) is 5.32. The lowest BCUT2D eigenvalue weighted by Crippen LogP contribution is -2.30. The first kappa shape index (κ1) is 15.9. The average Bonchev–Trinajstić information content (AvgIpc) is 3.08. The van der Waals surface area contributed by atoms with Crippen LogP contribution in [0.2, 0.25) is 0 Å². The lowest BCUT2D eigenvalue weighted by Gasteiger charge is -2.12. The number of aliphatic hydroxyl groups excluding tert-OH is 1. The van der Waals surface area contributed by atoms with Crippen LogP contribution in [0.25, 0.3) is 17.1 Å². The van der Waals surface area contributed by atoms with Gasteiger partial charge in [0.05, 0.1) is 12.3 Å². The third-order valence-corrected chi connectivity index (χ3v) is 3.61. The number of aromatic nitrogens is 3. The van der Waals surface area contributed by atoms with E-state index in [1.165, 1.54) is 4.90 Å². The predicted octanol–water partition coefficient (Wildman–Crippen LogP) is 2.00. The van der Waals surface area contributed by atoms with E-state index in [0.29, 0.717) is 5.82 Å². The van der Waals surface area contributed by atoms with Crippen molar-refractivity contribution < 1.29 is 9.90 Å². The summed E-state index contributed by atoms with van der Waals surface area (Å²) in [4.78, 5) is 18.3. The maximum atomic E-state index is 12.4. The summed E-state index contributed by atoms with van der Waals surface area (Å²) in [5.41, 5.74) is 1.70. The molecule has 1 heterocycles. The molecule has 0 unspecified atom stereocenters. The zero-order valence-electron chi connectivity index (χ0n) is 13.3. The molecule has 1 aromatic heterocycles. The van der Waals surface area contributed by atoms with Gasteiger partial charge >= 0.3 is 0 Å². The normalized spacial score (nSPS) is 10.6. The summed E-state index contributed by atoms with van der Waals surface area (Å²) in [6.45, 7) is 0.132. The van der Waals surface area contributed by atoms with Crippen molar-refractivity contribution in [1.82, 2.24) is 19.7 Å². The fraction of sp³-hybridized carbons (Fsp3) is 0.167. The number of nitrogens with zero attached hydrogens (tertiary/aromatic N) is 4. The van der Waals surface area contributed by atoms with Gasteiger partial charge in [0.1, 0.15) is 0 Å². The van der Waals surface area contributed by atoms with Gasteiger partial charge in [0.15, 0.2) is 5.82 Å². The van der Waals surface area contributed by atoms with Gasteiger partial charge in [0, 0.05) is 19.2 Å². The van der Waals surface area contributed by atoms with Crippen molar-refractivity contribution in [1.29, 1.82) is 0 Å². The molecule has 3 aromatic rings. The Morgan fingerprint density at radius 1 is 1.08 bits per heavy atom. The van der Waals surface area contributed by atoms with Gasteiger partial charge < -0.3 is 10.0 Å². The van der Waals surface area contributed by atoms with Crippen molar-refractivity contribution in [2.24, 2.45) is 0 Å². The Balaban J connectivity index is 2.08. The van der Waals surface area contributed by atoms with Crippen molar-refractivity contribution in [3.63, 3.8) is 0 Å². The van der Waals surface area contributed by atoms with Gasteiger partial charge in [-0.3, -0.25) is 4.79 Å². The van der Waals surface area contributed by atoms with Crippen molar-refractivity contribution in [3.05, 3.63) is 66.5 Å². The summed E-state index contributed by atoms with van der Waals surface area (Å²) >= 11 is 0. The zero-order valence-corrected chi connectivity index (χ0v) is 13.3. The van der Waals surface area contributed by atoms with Gasteiger partial charge in [-0.1, -0.05) is 48.5 Å². The Hall–Kier alpha value is -2.99. The van der Waals surface area contributed by atoms with Crippen LogP contribution >= 0.6 is 0 Å². The third-order valence-electron chi connectivity index (χ3n) is 3.61. The Morgan fingerprint density at radius 3 is 2.33 bits per heavy atom. The molecule has 1 N–H and O–H groups in total. The molecule has 0 spiro atoms. The standard InChI is InChI=1S/C18H18N4O2/c1-21(12-13-23)18(24)16-19-17(14-8-4-2-5-9-14)22(20-16)15-10-6-3-7-11-15/h2-11,23H,12-13H2,1H3. The smallest absolute Gasteiger partial charge is 0.293 e. The maximum Gasteiger partial charge on any atom is 0.293 e. The lowest BCUT2D eigenvalue weighted by molar-refractivity contribution is 0.0755. The van der Waals surface area contributed by atoms with Crippen molar-refractivity contribution >= 4 is 5.91 Å². The number of likely N-dealkylation sites (N-methyl/N-ethyl adjacent to an activating group) is 1. The molecular weight excluding hydrogens is 304 g/mol. The van der Waals surface area contributed by atoms with E-state index in [1.54, 1.807) is 11.7 Å². The summed E-state index contributed by atoms with van der Waals surface area (Å²) < 4.78 is 1.66. The van der Waals surface area contributed by atoms with Crippen molar-refractivity contribution in [2.45, 2.75) is 0 Å². The third kappa shape index (κ3) is 3.18. The fourth-order valence-corrected chi connectivity index (χ4v) is 2.35. The first-order valence-corrected chi connectivity index (χ1v) is 7.65. The Kier molecular flexibility index (Phi) is 4.67. The molecule has 0 atom stereocenters. The summed E-state index contributed by atoms with van der Waals surface area (Å²) in [5.74, 6) is 0.382. The van der Waals surface area contributed by atoms with Crippen LogP contribution in [0.1, 0.15) is 10.6 Å². The van der Waals surface area contributed by atoms with Crippen LogP contribution in [-0.2, 0) is 0 Å². The van der Waals surface area contributed by atoms with E-state index in [9.17, 15) is 4.79 Å². The minimum Gasteiger partial charge on any atom is -0.395 e. The number of para-hydroxylation sites is 1. The molecule has 0 bridgehead atoms. The van der Waals surface area contributed by atoms with E-state index >= 15 is 0 Å². The first-order valence-electron chi connectivity index (χ1n) is 7.65. The monoisotopic (exact) mass is 322 g/mol. The van der Waals surface area contributed by atoms with E-state index in [1.807, 2.05) is 60.7 Å². The highest BCUT2D eigenvalue weighted by Crippen LogP contribution is 2.21. The number of rotatable bonds is 5. The quantitative estimate of drug-likeness (QED) is 0.780. The van der Waals surface area contributed by atoms with Gasteiger partial charge in [-0.05, 0) is 12.1 Å². The molecule has 24 heavy (non-hydrogen) atoms. The molecule has 122 valence electrons. The van der Waals surface area contributed by atoms with E-state index in [0.717, 1.165) is 11.3 Å². The van der Waals surface area contributed by atoms with Crippen molar-refractivity contribution in [2.75, 3.05) is 20.2 Å². The molecule has 0 aliphatic rings. The van der Waals surface area contributed by atoms with Crippen LogP contribution in [0.3, 0.4) is 0 Å². The van der Waals surface area contributed by atoms with Crippen LogP contribution in [0.4, 0.5) is 0 Å². The topological polar surface area (TPSA) is 71.2 Å². The van der Waals surface area contributed by atoms with Gasteiger partial charge in [-0.15, -0.1) is 5.10 Å². The maximum absolute atomic E-state index is 12.4. The highest BCUT2D eigenvalue weighted by molar-refractivity contribution is 5.90. The number of benzene rings is 2. The molecule has 0 aliphatic heterocycles. The molecule has 3 rings (SSSR count). The predicted molar refractivity (Wildman–Crippen MR) is 90.8 cm³/mol. The average molecular weight is 322 g/mol. The van der Waals surface area contributed by atoms with Crippen LogP contribution in [0.5, 0.6) is 0 Å². The van der Waals surface area contributed by atoms with E-state index in [4.69, 9.17) is 5.11 Å². The largest absolute Gasteiger partial charge is 0.395 e.